The maximum Gasteiger partial charge on any atom is 0.237 e. The fraction of sp³-hybridized carbons (Fsp3) is 0.800. The number of amides is 3. The number of hydrogen-bond donors (Lipinski definition) is 2. The Labute approximate surface area is 166 Å². The number of carbonyl (C=O) groups is 3. The summed E-state index contributed by atoms with van der Waals surface area (Å²) in [6.45, 7) is 2.10. The molecule has 8 nitrogen and oxygen atoms in total. The molecule has 0 bridgehead atoms. The van der Waals surface area contributed by atoms with E-state index in [-0.39, 0.29) is 48.2 Å². The normalized spacial score (nSPS) is 30.7. The molecule has 2 atom stereocenters. The van der Waals surface area contributed by atoms with Crippen LogP contribution in [-0.2, 0) is 14.4 Å². The zero-order valence-electron chi connectivity index (χ0n) is 16.4. The molecule has 0 aromatic heterocycles. The first-order chi connectivity index (χ1) is 13.5. The molecular weight excluding hydrogens is 358 g/mol. The second kappa shape index (κ2) is 9.37. The van der Waals surface area contributed by atoms with Crippen molar-refractivity contribution in [2.75, 3.05) is 26.2 Å². The Morgan fingerprint density at radius 2 is 1.71 bits per heavy atom. The number of primary amides is 1. The third kappa shape index (κ3) is 4.82. The van der Waals surface area contributed by atoms with Crippen LogP contribution in [-0.4, -0.2) is 65.8 Å². The molecule has 3 fully saturated rings. The highest BCUT2D eigenvalue weighted by atomic mass is 16.2. The van der Waals surface area contributed by atoms with Gasteiger partial charge in [0, 0.05) is 31.6 Å². The molecule has 1 unspecified atom stereocenters. The predicted octanol–water partition coefficient (Wildman–Crippen LogP) is 0.373. The van der Waals surface area contributed by atoms with Gasteiger partial charge in [-0.3, -0.25) is 14.4 Å². The zero-order valence-corrected chi connectivity index (χ0v) is 16.4. The molecule has 3 amide bonds. The molecule has 154 valence electrons. The van der Waals surface area contributed by atoms with Crippen LogP contribution in [0.1, 0.15) is 51.4 Å². The average molecular weight is 390 g/mol. The Balaban J connectivity index is 1.40. The summed E-state index contributed by atoms with van der Waals surface area (Å²) in [5, 5.41) is 12.4. The van der Waals surface area contributed by atoms with Crippen molar-refractivity contribution in [2.24, 2.45) is 17.6 Å². The zero-order chi connectivity index (χ0) is 20.1. The SMILES string of the molecule is N#C[C@@H]1CCCN1C(=O)CN[C@H]1CC[C@H](C(=O)N2CCCC(C(N)=O)C2)CC1. The second-order valence-electron chi connectivity index (χ2n) is 8.33. The predicted molar refractivity (Wildman–Crippen MR) is 103 cm³/mol. The van der Waals surface area contributed by atoms with Crippen molar-refractivity contribution in [1.29, 1.82) is 5.26 Å². The van der Waals surface area contributed by atoms with Crippen LogP contribution in [0.4, 0.5) is 0 Å². The molecule has 0 spiro atoms. The van der Waals surface area contributed by atoms with Gasteiger partial charge in [0.2, 0.25) is 17.7 Å². The van der Waals surface area contributed by atoms with Crippen molar-refractivity contribution in [3.05, 3.63) is 0 Å². The second-order valence-corrected chi connectivity index (χ2v) is 8.33. The molecular formula is C20H31N5O3. The number of carbonyl (C=O) groups excluding carboxylic acids is 3. The summed E-state index contributed by atoms with van der Waals surface area (Å²) in [4.78, 5) is 40.1. The van der Waals surface area contributed by atoms with Gasteiger partial charge in [-0.1, -0.05) is 0 Å². The average Bonchev–Trinajstić information content (AvgIpc) is 3.21. The highest BCUT2D eigenvalue weighted by Gasteiger charge is 2.34. The van der Waals surface area contributed by atoms with Crippen molar-refractivity contribution in [3.63, 3.8) is 0 Å². The van der Waals surface area contributed by atoms with Gasteiger partial charge in [0.05, 0.1) is 18.5 Å². The lowest BCUT2D eigenvalue weighted by Crippen LogP contribution is -2.48. The molecule has 0 radical (unpaired) electrons. The molecule has 0 aromatic rings. The van der Waals surface area contributed by atoms with E-state index in [1.165, 1.54) is 0 Å². The Morgan fingerprint density at radius 1 is 1.00 bits per heavy atom. The Kier molecular flexibility index (Phi) is 6.89. The summed E-state index contributed by atoms with van der Waals surface area (Å²) in [6, 6.07) is 2.15. The van der Waals surface area contributed by atoms with Crippen molar-refractivity contribution in [1.82, 2.24) is 15.1 Å². The van der Waals surface area contributed by atoms with Crippen LogP contribution in [0.15, 0.2) is 0 Å². The third-order valence-corrected chi connectivity index (χ3v) is 6.48. The van der Waals surface area contributed by atoms with E-state index < -0.39 is 0 Å². The van der Waals surface area contributed by atoms with E-state index >= 15 is 0 Å². The van der Waals surface area contributed by atoms with Crippen molar-refractivity contribution in [3.8, 4) is 6.07 Å². The van der Waals surface area contributed by atoms with Gasteiger partial charge in [-0.2, -0.15) is 5.26 Å². The van der Waals surface area contributed by atoms with Gasteiger partial charge in [-0.25, -0.2) is 0 Å². The van der Waals surface area contributed by atoms with Crippen LogP contribution in [0.3, 0.4) is 0 Å². The monoisotopic (exact) mass is 389 g/mol. The van der Waals surface area contributed by atoms with Crippen LogP contribution in [0.25, 0.3) is 0 Å². The van der Waals surface area contributed by atoms with Crippen LogP contribution in [0, 0.1) is 23.2 Å². The number of nitrogens with one attached hydrogen (secondary N) is 1. The number of nitriles is 1. The fourth-order valence-electron chi connectivity index (χ4n) is 4.74. The fourth-order valence-corrected chi connectivity index (χ4v) is 4.74. The first kappa shape index (κ1) is 20.6. The number of hydrogen-bond acceptors (Lipinski definition) is 5. The maximum atomic E-state index is 12.8. The van der Waals surface area contributed by atoms with Gasteiger partial charge in [0.1, 0.15) is 6.04 Å². The first-order valence-corrected chi connectivity index (χ1v) is 10.5. The molecule has 3 N–H and O–H groups in total. The molecule has 2 heterocycles. The molecule has 3 rings (SSSR count). The van der Waals surface area contributed by atoms with Gasteiger partial charge in [0.25, 0.3) is 0 Å². The van der Waals surface area contributed by atoms with Crippen LogP contribution < -0.4 is 11.1 Å². The number of nitrogens with two attached hydrogens (primary N) is 1. The van der Waals surface area contributed by atoms with Crippen molar-refractivity contribution in [2.45, 2.75) is 63.5 Å². The van der Waals surface area contributed by atoms with E-state index in [4.69, 9.17) is 11.0 Å². The molecule has 3 aliphatic rings. The Bertz CT molecular complexity index is 638. The molecule has 0 aromatic carbocycles. The summed E-state index contributed by atoms with van der Waals surface area (Å²) >= 11 is 0. The van der Waals surface area contributed by atoms with Crippen LogP contribution in [0.5, 0.6) is 0 Å². The van der Waals surface area contributed by atoms with E-state index in [9.17, 15) is 14.4 Å². The van der Waals surface area contributed by atoms with Crippen molar-refractivity contribution < 1.29 is 14.4 Å². The summed E-state index contributed by atoms with van der Waals surface area (Å²) in [7, 11) is 0. The van der Waals surface area contributed by atoms with Crippen LogP contribution >= 0.6 is 0 Å². The lowest BCUT2D eigenvalue weighted by molar-refractivity contribution is -0.140. The topological polar surface area (TPSA) is 120 Å². The van der Waals surface area contributed by atoms with E-state index in [1.807, 2.05) is 4.90 Å². The van der Waals surface area contributed by atoms with E-state index in [1.54, 1.807) is 4.90 Å². The van der Waals surface area contributed by atoms with E-state index in [2.05, 4.69) is 11.4 Å². The highest BCUT2D eigenvalue weighted by molar-refractivity contribution is 5.81. The summed E-state index contributed by atoms with van der Waals surface area (Å²) in [5.41, 5.74) is 5.41. The van der Waals surface area contributed by atoms with Gasteiger partial charge < -0.3 is 20.9 Å². The van der Waals surface area contributed by atoms with Gasteiger partial charge in [-0.15, -0.1) is 0 Å². The number of nitrogens with zero attached hydrogens (tertiary/aromatic N) is 3. The summed E-state index contributed by atoms with van der Waals surface area (Å²) in [5.74, 6) is -0.388. The molecule has 8 heteroatoms. The Morgan fingerprint density at radius 3 is 2.39 bits per heavy atom. The lowest BCUT2D eigenvalue weighted by atomic mass is 9.84. The largest absolute Gasteiger partial charge is 0.369 e. The molecule has 2 saturated heterocycles. The Hall–Kier alpha value is -2.14. The first-order valence-electron chi connectivity index (χ1n) is 10.5. The summed E-state index contributed by atoms with van der Waals surface area (Å²) in [6.07, 6.45) is 6.58. The number of rotatable bonds is 5. The minimum absolute atomic E-state index is 0.00179. The molecule has 1 aliphatic carbocycles. The molecule has 2 aliphatic heterocycles. The highest BCUT2D eigenvalue weighted by Crippen LogP contribution is 2.28. The van der Waals surface area contributed by atoms with Gasteiger partial charge in [0.15, 0.2) is 0 Å². The molecule has 28 heavy (non-hydrogen) atoms. The smallest absolute Gasteiger partial charge is 0.237 e. The quantitative estimate of drug-likeness (QED) is 0.704. The van der Waals surface area contributed by atoms with Gasteiger partial charge >= 0.3 is 0 Å². The number of likely N-dealkylation sites (tertiary alicyclic amines) is 2. The van der Waals surface area contributed by atoms with E-state index in [0.29, 0.717) is 19.6 Å². The van der Waals surface area contributed by atoms with Crippen molar-refractivity contribution >= 4 is 17.7 Å². The minimum Gasteiger partial charge on any atom is -0.369 e. The molecule has 1 saturated carbocycles. The van der Waals surface area contributed by atoms with E-state index in [0.717, 1.165) is 51.4 Å². The maximum absolute atomic E-state index is 12.8. The lowest BCUT2D eigenvalue weighted by Gasteiger charge is -2.36. The summed E-state index contributed by atoms with van der Waals surface area (Å²) < 4.78 is 0. The van der Waals surface area contributed by atoms with Crippen LogP contribution in [0.2, 0.25) is 0 Å². The standard InChI is InChI=1S/C20H31N5O3/c21-11-17-4-2-10-25(17)18(26)12-23-16-7-5-14(6-8-16)20(28)24-9-1-3-15(13-24)19(22)27/h14-17,23H,1-10,12-13H2,(H2,22,27)/t14-,15?,16-,17-/m0/s1. The minimum atomic E-state index is -0.313. The third-order valence-electron chi connectivity index (χ3n) is 6.48. The van der Waals surface area contributed by atoms with Gasteiger partial charge in [-0.05, 0) is 51.4 Å². The number of piperidine rings is 1.